The summed E-state index contributed by atoms with van der Waals surface area (Å²) in [5.41, 5.74) is 7.47. The minimum absolute atomic E-state index is 0.108. The largest absolute Gasteiger partial charge is 0.399 e. The molecule has 7 nitrogen and oxygen atoms in total. The van der Waals surface area contributed by atoms with E-state index in [1.807, 2.05) is 0 Å². The van der Waals surface area contributed by atoms with Gasteiger partial charge in [0.05, 0.1) is 22.1 Å². The second-order valence-electron chi connectivity index (χ2n) is 4.21. The van der Waals surface area contributed by atoms with Crippen molar-refractivity contribution >= 4 is 42.4 Å². The van der Waals surface area contributed by atoms with Gasteiger partial charge in [0, 0.05) is 5.69 Å². The zero-order valence-corrected chi connectivity index (χ0v) is 12.0. The molecular weight excluding hydrogens is 298 g/mol. The Hall–Kier alpha value is -2.13. The Morgan fingerprint density at radius 3 is 2.90 bits per heavy atom. The summed E-state index contributed by atoms with van der Waals surface area (Å²) in [6.45, 7) is 1.64. The molecule has 0 fully saturated rings. The molecule has 0 unspecified atom stereocenters. The molecule has 0 radical (unpaired) electrons. The molecule has 4 N–H and O–H groups in total. The van der Waals surface area contributed by atoms with Gasteiger partial charge in [-0.2, -0.15) is 5.10 Å². The van der Waals surface area contributed by atoms with Gasteiger partial charge < -0.3 is 5.73 Å². The molecule has 0 spiro atoms. The summed E-state index contributed by atoms with van der Waals surface area (Å²) in [5.74, 6) is 0. The first-order valence-corrected chi connectivity index (χ1v) is 7.94. The number of thiazole rings is 1. The number of hydrogen-bond donors (Lipinski definition) is 3. The Kier molecular flexibility index (Phi) is 2.87. The Labute approximate surface area is 118 Å². The van der Waals surface area contributed by atoms with Gasteiger partial charge in [-0.1, -0.05) is 11.3 Å². The van der Waals surface area contributed by atoms with E-state index in [2.05, 4.69) is 19.9 Å². The number of nitrogen functional groups attached to an aromatic ring is 1. The van der Waals surface area contributed by atoms with Crippen LogP contribution in [-0.2, 0) is 10.0 Å². The van der Waals surface area contributed by atoms with E-state index in [4.69, 9.17) is 5.73 Å². The maximum atomic E-state index is 12.2. The van der Waals surface area contributed by atoms with Crippen molar-refractivity contribution in [2.75, 3.05) is 10.5 Å². The van der Waals surface area contributed by atoms with Crippen LogP contribution >= 0.6 is 11.3 Å². The SMILES string of the molecule is Cc1[nH]ncc1S(=O)(=O)Nc1nc2ccc(N)cc2s1. The number of anilines is 2. The first kappa shape index (κ1) is 12.9. The van der Waals surface area contributed by atoms with E-state index in [1.165, 1.54) is 17.5 Å². The third-order valence-corrected chi connectivity index (χ3v) is 5.22. The number of nitrogens with one attached hydrogen (secondary N) is 2. The maximum absolute atomic E-state index is 12.2. The molecule has 3 rings (SSSR count). The zero-order valence-electron chi connectivity index (χ0n) is 10.4. The summed E-state index contributed by atoms with van der Waals surface area (Å²) < 4.78 is 27.7. The van der Waals surface area contributed by atoms with Gasteiger partial charge in [-0.3, -0.25) is 9.82 Å². The van der Waals surface area contributed by atoms with E-state index in [-0.39, 0.29) is 4.90 Å². The van der Waals surface area contributed by atoms with E-state index < -0.39 is 10.0 Å². The summed E-state index contributed by atoms with van der Waals surface area (Å²) in [6.07, 6.45) is 1.27. The highest BCUT2D eigenvalue weighted by Crippen LogP contribution is 2.29. The molecule has 0 saturated carbocycles. The molecule has 0 atom stereocenters. The summed E-state index contributed by atoms with van der Waals surface area (Å²) in [4.78, 5) is 4.33. The van der Waals surface area contributed by atoms with Gasteiger partial charge >= 0.3 is 0 Å². The lowest BCUT2D eigenvalue weighted by molar-refractivity contribution is 0.600. The van der Waals surface area contributed by atoms with E-state index in [0.29, 0.717) is 22.0 Å². The van der Waals surface area contributed by atoms with Crippen LogP contribution in [-0.4, -0.2) is 23.6 Å². The molecule has 1 aromatic carbocycles. The number of hydrogen-bond acceptors (Lipinski definition) is 6. The molecule has 0 bridgehead atoms. The van der Waals surface area contributed by atoms with Gasteiger partial charge in [-0.05, 0) is 25.1 Å². The van der Waals surface area contributed by atoms with Crippen LogP contribution in [0.3, 0.4) is 0 Å². The summed E-state index contributed by atoms with van der Waals surface area (Å²) in [7, 11) is -3.69. The van der Waals surface area contributed by atoms with Crippen molar-refractivity contribution in [2.45, 2.75) is 11.8 Å². The quantitative estimate of drug-likeness (QED) is 0.637. The summed E-state index contributed by atoms with van der Waals surface area (Å²) in [6, 6.07) is 5.23. The normalized spacial score (nSPS) is 11.8. The first-order valence-electron chi connectivity index (χ1n) is 5.64. The molecule has 2 heterocycles. The number of nitrogens with zero attached hydrogens (tertiary/aromatic N) is 2. The Balaban J connectivity index is 1.99. The topological polar surface area (TPSA) is 114 Å². The van der Waals surface area contributed by atoms with Crippen LogP contribution in [0.2, 0.25) is 0 Å². The van der Waals surface area contributed by atoms with Crippen LogP contribution < -0.4 is 10.5 Å². The molecule has 104 valence electrons. The highest BCUT2D eigenvalue weighted by Gasteiger charge is 2.20. The molecule has 2 aromatic heterocycles. The first-order chi connectivity index (χ1) is 9.45. The number of aromatic amines is 1. The van der Waals surface area contributed by atoms with Crippen LogP contribution in [0.25, 0.3) is 10.2 Å². The number of fused-ring (bicyclic) bond motifs is 1. The Morgan fingerprint density at radius 2 is 2.20 bits per heavy atom. The average Bonchev–Trinajstić information content (AvgIpc) is 2.93. The molecule has 0 aliphatic rings. The third kappa shape index (κ3) is 2.21. The van der Waals surface area contributed by atoms with Crippen LogP contribution in [0.4, 0.5) is 10.8 Å². The van der Waals surface area contributed by atoms with Crippen molar-refractivity contribution in [3.8, 4) is 0 Å². The lowest BCUT2D eigenvalue weighted by Gasteiger charge is -2.02. The Morgan fingerprint density at radius 1 is 1.40 bits per heavy atom. The second kappa shape index (κ2) is 4.46. The fraction of sp³-hybridized carbons (Fsp3) is 0.0909. The molecule has 9 heteroatoms. The van der Waals surface area contributed by atoms with Crippen LogP contribution in [0, 0.1) is 6.92 Å². The molecule has 0 aliphatic heterocycles. The van der Waals surface area contributed by atoms with E-state index in [9.17, 15) is 8.42 Å². The molecule has 0 saturated heterocycles. The van der Waals surface area contributed by atoms with Gasteiger partial charge in [-0.15, -0.1) is 0 Å². The monoisotopic (exact) mass is 309 g/mol. The number of rotatable bonds is 3. The van der Waals surface area contributed by atoms with Crippen molar-refractivity contribution in [1.82, 2.24) is 15.2 Å². The van der Waals surface area contributed by atoms with Crippen molar-refractivity contribution in [3.63, 3.8) is 0 Å². The van der Waals surface area contributed by atoms with Crippen molar-refractivity contribution in [3.05, 3.63) is 30.1 Å². The van der Waals surface area contributed by atoms with Gasteiger partial charge in [0.25, 0.3) is 10.0 Å². The highest BCUT2D eigenvalue weighted by atomic mass is 32.2. The number of H-pyrrole nitrogens is 1. The lowest BCUT2D eigenvalue weighted by Crippen LogP contribution is -2.13. The molecular formula is C11H11N5O2S2. The summed E-state index contributed by atoms with van der Waals surface area (Å²) >= 11 is 1.23. The number of aromatic nitrogens is 3. The number of nitrogens with two attached hydrogens (primary N) is 1. The molecule has 20 heavy (non-hydrogen) atoms. The van der Waals surface area contributed by atoms with Gasteiger partial charge in [0.2, 0.25) is 0 Å². The standard InChI is InChI=1S/C11H11N5O2S2/c1-6-10(5-13-15-6)20(17,18)16-11-14-8-3-2-7(12)4-9(8)19-11/h2-5H,12H2,1H3,(H,13,15)(H,14,16). The fourth-order valence-corrected chi connectivity index (χ4v) is 4.05. The van der Waals surface area contributed by atoms with Crippen molar-refractivity contribution in [2.24, 2.45) is 0 Å². The zero-order chi connectivity index (χ0) is 14.3. The lowest BCUT2D eigenvalue weighted by atomic mass is 10.3. The van der Waals surface area contributed by atoms with Crippen LogP contribution in [0.5, 0.6) is 0 Å². The van der Waals surface area contributed by atoms with Gasteiger partial charge in [0.15, 0.2) is 5.13 Å². The van der Waals surface area contributed by atoms with E-state index in [1.54, 1.807) is 25.1 Å². The smallest absolute Gasteiger partial charge is 0.267 e. The van der Waals surface area contributed by atoms with Crippen molar-refractivity contribution < 1.29 is 8.42 Å². The number of sulfonamides is 1. The number of aryl methyl sites for hydroxylation is 1. The minimum Gasteiger partial charge on any atom is -0.399 e. The van der Waals surface area contributed by atoms with E-state index in [0.717, 1.165) is 4.70 Å². The maximum Gasteiger partial charge on any atom is 0.267 e. The van der Waals surface area contributed by atoms with Gasteiger partial charge in [0.1, 0.15) is 4.90 Å². The van der Waals surface area contributed by atoms with Crippen molar-refractivity contribution in [1.29, 1.82) is 0 Å². The summed E-state index contributed by atoms with van der Waals surface area (Å²) in [5, 5.41) is 6.60. The highest BCUT2D eigenvalue weighted by molar-refractivity contribution is 7.93. The molecule has 3 aromatic rings. The minimum atomic E-state index is -3.69. The Bertz CT molecular complexity index is 881. The molecule has 0 aliphatic carbocycles. The average molecular weight is 309 g/mol. The molecule has 0 amide bonds. The second-order valence-corrected chi connectivity index (χ2v) is 6.89. The predicted molar refractivity (Wildman–Crippen MR) is 78.2 cm³/mol. The third-order valence-electron chi connectivity index (χ3n) is 2.71. The van der Waals surface area contributed by atoms with E-state index >= 15 is 0 Å². The fourth-order valence-electron chi connectivity index (χ4n) is 1.77. The van der Waals surface area contributed by atoms with Crippen LogP contribution in [0.1, 0.15) is 5.69 Å². The van der Waals surface area contributed by atoms with Crippen LogP contribution in [0.15, 0.2) is 29.3 Å². The predicted octanol–water partition coefficient (Wildman–Crippen LogP) is 1.71. The number of benzene rings is 1. The van der Waals surface area contributed by atoms with Gasteiger partial charge in [-0.25, -0.2) is 13.4 Å².